The Morgan fingerprint density at radius 2 is 1.85 bits per heavy atom. The lowest BCUT2D eigenvalue weighted by molar-refractivity contribution is 0.232. The SMILES string of the molecule is CC(C)C1=CCCN(C(C)C)CC1. The van der Waals surface area contributed by atoms with Crippen molar-refractivity contribution in [3.8, 4) is 0 Å². The summed E-state index contributed by atoms with van der Waals surface area (Å²) in [6.45, 7) is 11.7. The number of rotatable bonds is 2. The zero-order valence-electron chi connectivity index (χ0n) is 9.51. The average molecular weight is 181 g/mol. The maximum atomic E-state index is 2.58. The van der Waals surface area contributed by atoms with E-state index in [4.69, 9.17) is 0 Å². The quantitative estimate of drug-likeness (QED) is 0.592. The predicted molar refractivity (Wildman–Crippen MR) is 58.9 cm³/mol. The predicted octanol–water partition coefficient (Wildman–Crippen LogP) is 3.07. The second-order valence-electron chi connectivity index (χ2n) is 4.60. The minimum absolute atomic E-state index is 0.708. The molecule has 1 rings (SSSR count). The van der Waals surface area contributed by atoms with E-state index in [2.05, 4.69) is 38.7 Å². The summed E-state index contributed by atoms with van der Waals surface area (Å²) in [6, 6.07) is 0.708. The zero-order valence-corrected chi connectivity index (χ0v) is 9.51. The molecular formula is C12H23N. The summed E-state index contributed by atoms with van der Waals surface area (Å²) in [4.78, 5) is 2.58. The molecule has 76 valence electrons. The van der Waals surface area contributed by atoms with Crippen molar-refractivity contribution in [3.63, 3.8) is 0 Å². The molecule has 0 spiro atoms. The monoisotopic (exact) mass is 181 g/mol. The molecule has 1 aliphatic rings. The van der Waals surface area contributed by atoms with E-state index in [-0.39, 0.29) is 0 Å². The Balaban J connectivity index is 2.48. The lowest BCUT2D eigenvalue weighted by atomic mass is 10.00. The van der Waals surface area contributed by atoms with E-state index in [1.165, 1.54) is 25.9 Å². The van der Waals surface area contributed by atoms with Crippen molar-refractivity contribution in [3.05, 3.63) is 11.6 Å². The molecule has 0 aromatic carbocycles. The molecule has 0 saturated heterocycles. The highest BCUT2D eigenvalue weighted by atomic mass is 15.1. The Morgan fingerprint density at radius 1 is 1.15 bits per heavy atom. The zero-order chi connectivity index (χ0) is 9.84. The van der Waals surface area contributed by atoms with Gasteiger partial charge in [-0.3, -0.25) is 0 Å². The average Bonchev–Trinajstić information content (AvgIpc) is 2.27. The fourth-order valence-electron chi connectivity index (χ4n) is 1.94. The first kappa shape index (κ1) is 10.8. The lowest BCUT2D eigenvalue weighted by Gasteiger charge is -2.24. The van der Waals surface area contributed by atoms with Crippen LogP contribution in [0.25, 0.3) is 0 Å². The Hall–Kier alpha value is -0.300. The summed E-state index contributed by atoms with van der Waals surface area (Å²) >= 11 is 0. The first-order valence-corrected chi connectivity index (χ1v) is 5.54. The van der Waals surface area contributed by atoms with Crippen molar-refractivity contribution < 1.29 is 0 Å². The van der Waals surface area contributed by atoms with Crippen molar-refractivity contribution in [2.24, 2.45) is 5.92 Å². The second-order valence-corrected chi connectivity index (χ2v) is 4.60. The van der Waals surface area contributed by atoms with Gasteiger partial charge in [0.15, 0.2) is 0 Å². The molecule has 13 heavy (non-hydrogen) atoms. The molecule has 1 heteroatoms. The van der Waals surface area contributed by atoms with Gasteiger partial charge in [-0.15, -0.1) is 0 Å². The van der Waals surface area contributed by atoms with E-state index >= 15 is 0 Å². The summed E-state index contributed by atoms with van der Waals surface area (Å²) in [7, 11) is 0. The molecule has 1 nitrogen and oxygen atoms in total. The molecule has 0 N–H and O–H groups in total. The third-order valence-electron chi connectivity index (χ3n) is 2.98. The van der Waals surface area contributed by atoms with E-state index in [9.17, 15) is 0 Å². The largest absolute Gasteiger partial charge is 0.300 e. The van der Waals surface area contributed by atoms with Crippen LogP contribution in [0.2, 0.25) is 0 Å². The van der Waals surface area contributed by atoms with Crippen LogP contribution in [0.15, 0.2) is 11.6 Å². The van der Waals surface area contributed by atoms with Crippen molar-refractivity contribution in [2.75, 3.05) is 13.1 Å². The molecule has 0 radical (unpaired) electrons. The van der Waals surface area contributed by atoms with Gasteiger partial charge in [0.05, 0.1) is 0 Å². The van der Waals surface area contributed by atoms with Crippen LogP contribution in [-0.2, 0) is 0 Å². The van der Waals surface area contributed by atoms with Crippen molar-refractivity contribution in [1.29, 1.82) is 0 Å². The van der Waals surface area contributed by atoms with E-state index in [0.29, 0.717) is 6.04 Å². The van der Waals surface area contributed by atoms with Crippen LogP contribution in [0.3, 0.4) is 0 Å². The van der Waals surface area contributed by atoms with Crippen LogP contribution in [0.4, 0.5) is 0 Å². The minimum atomic E-state index is 0.708. The van der Waals surface area contributed by atoms with Gasteiger partial charge >= 0.3 is 0 Å². The topological polar surface area (TPSA) is 3.24 Å². The van der Waals surface area contributed by atoms with Crippen molar-refractivity contribution in [1.82, 2.24) is 4.90 Å². The van der Waals surface area contributed by atoms with Crippen LogP contribution in [-0.4, -0.2) is 24.0 Å². The highest BCUT2D eigenvalue weighted by Crippen LogP contribution is 2.19. The normalized spacial score (nSPS) is 20.6. The second kappa shape index (κ2) is 4.80. The van der Waals surface area contributed by atoms with Gasteiger partial charge in [-0.25, -0.2) is 0 Å². The van der Waals surface area contributed by atoms with E-state index in [0.717, 1.165) is 5.92 Å². The van der Waals surface area contributed by atoms with Gasteiger partial charge in [-0.1, -0.05) is 25.5 Å². The van der Waals surface area contributed by atoms with Gasteiger partial charge in [0.25, 0.3) is 0 Å². The van der Waals surface area contributed by atoms with E-state index < -0.39 is 0 Å². The van der Waals surface area contributed by atoms with Gasteiger partial charge in [-0.05, 0) is 32.6 Å². The highest BCUT2D eigenvalue weighted by Gasteiger charge is 2.13. The molecule has 0 unspecified atom stereocenters. The molecule has 0 atom stereocenters. The van der Waals surface area contributed by atoms with E-state index in [1.807, 2.05) is 0 Å². The summed E-state index contributed by atoms with van der Waals surface area (Å²) in [6.07, 6.45) is 4.97. The van der Waals surface area contributed by atoms with Crippen LogP contribution in [0.5, 0.6) is 0 Å². The number of nitrogens with zero attached hydrogens (tertiary/aromatic N) is 1. The molecule has 1 heterocycles. The standard InChI is InChI=1S/C12H23N/c1-10(2)12-6-5-8-13(9-7-12)11(3)4/h6,10-11H,5,7-9H2,1-4H3. The van der Waals surface area contributed by atoms with Crippen LogP contribution in [0, 0.1) is 5.92 Å². The third kappa shape index (κ3) is 3.15. The molecule has 0 aliphatic carbocycles. The smallest absolute Gasteiger partial charge is 0.00388 e. The number of hydrogen-bond acceptors (Lipinski definition) is 1. The Bertz CT molecular complexity index is 180. The van der Waals surface area contributed by atoms with Gasteiger partial charge in [0.1, 0.15) is 0 Å². The van der Waals surface area contributed by atoms with Crippen LogP contribution < -0.4 is 0 Å². The van der Waals surface area contributed by atoms with Crippen LogP contribution >= 0.6 is 0 Å². The van der Waals surface area contributed by atoms with Gasteiger partial charge in [-0.2, -0.15) is 0 Å². The molecule has 0 amide bonds. The molecule has 1 aliphatic heterocycles. The highest BCUT2D eigenvalue weighted by molar-refractivity contribution is 5.07. The summed E-state index contributed by atoms with van der Waals surface area (Å²) < 4.78 is 0. The first-order chi connectivity index (χ1) is 6.11. The Kier molecular flexibility index (Phi) is 3.98. The molecule has 0 fully saturated rings. The fraction of sp³-hybridized carbons (Fsp3) is 0.833. The number of hydrogen-bond donors (Lipinski definition) is 0. The maximum absolute atomic E-state index is 2.58. The summed E-state index contributed by atoms with van der Waals surface area (Å²) in [5.74, 6) is 0.743. The Labute approximate surface area is 82.8 Å². The van der Waals surface area contributed by atoms with Crippen molar-refractivity contribution >= 4 is 0 Å². The molecular weight excluding hydrogens is 158 g/mol. The maximum Gasteiger partial charge on any atom is 0.00388 e. The summed E-state index contributed by atoms with van der Waals surface area (Å²) in [5.41, 5.74) is 1.66. The van der Waals surface area contributed by atoms with Gasteiger partial charge in [0.2, 0.25) is 0 Å². The Morgan fingerprint density at radius 3 is 2.38 bits per heavy atom. The van der Waals surface area contributed by atoms with Crippen molar-refractivity contribution in [2.45, 2.75) is 46.6 Å². The lowest BCUT2D eigenvalue weighted by Crippen LogP contribution is -2.31. The molecule has 0 aromatic heterocycles. The molecule has 0 bridgehead atoms. The van der Waals surface area contributed by atoms with Crippen LogP contribution in [0.1, 0.15) is 40.5 Å². The van der Waals surface area contributed by atoms with Gasteiger partial charge < -0.3 is 4.90 Å². The molecule has 0 aromatic rings. The summed E-state index contributed by atoms with van der Waals surface area (Å²) in [5, 5.41) is 0. The third-order valence-corrected chi connectivity index (χ3v) is 2.98. The molecule has 0 saturated carbocycles. The van der Waals surface area contributed by atoms with E-state index in [1.54, 1.807) is 5.57 Å². The fourth-order valence-corrected chi connectivity index (χ4v) is 1.94. The van der Waals surface area contributed by atoms with Gasteiger partial charge in [0, 0.05) is 19.1 Å². The first-order valence-electron chi connectivity index (χ1n) is 5.54. The minimum Gasteiger partial charge on any atom is -0.300 e.